The van der Waals surface area contributed by atoms with E-state index in [-0.39, 0.29) is 10.8 Å². The lowest BCUT2D eigenvalue weighted by atomic mass is 10.0. The lowest BCUT2D eigenvalue weighted by molar-refractivity contribution is -0.130. The molecule has 2 rings (SSSR count). The molecule has 0 radical (unpaired) electrons. The average Bonchev–Trinajstić information content (AvgIpc) is 2.74. The van der Waals surface area contributed by atoms with Crippen LogP contribution < -0.4 is 0 Å². The minimum absolute atomic E-state index is 0.0298. The molecule has 1 heterocycles. The number of carbonyl (C=O) groups excluding carboxylic acids is 1. The second-order valence-electron chi connectivity index (χ2n) is 5.18. The van der Waals surface area contributed by atoms with Gasteiger partial charge in [-0.2, -0.15) is 12.8 Å². The van der Waals surface area contributed by atoms with Gasteiger partial charge in [0.15, 0.2) is 0 Å². The molecule has 1 fully saturated rings. The minimum Gasteiger partial charge on any atom is -0.337 e. The number of hydrogen-bond donors (Lipinski definition) is 0. The highest BCUT2D eigenvalue weighted by atomic mass is 32.2. The van der Waals surface area contributed by atoms with Crippen LogP contribution in [0.4, 0.5) is 0 Å². The molecule has 6 heteroatoms. The van der Waals surface area contributed by atoms with Crippen molar-refractivity contribution in [3.8, 4) is 0 Å². The summed E-state index contributed by atoms with van der Waals surface area (Å²) in [6.07, 6.45) is 0.567. The van der Waals surface area contributed by atoms with Gasteiger partial charge in [0.2, 0.25) is 5.91 Å². The molecule has 0 saturated carbocycles. The first kappa shape index (κ1) is 15.7. The molecule has 0 aromatic heterocycles. The van der Waals surface area contributed by atoms with Crippen LogP contribution in [0.25, 0.3) is 0 Å². The number of amides is 1. The van der Waals surface area contributed by atoms with Crippen LogP contribution >= 0.6 is 0 Å². The van der Waals surface area contributed by atoms with E-state index in [4.69, 9.17) is 0 Å². The lowest BCUT2D eigenvalue weighted by Crippen LogP contribution is -2.26. The van der Waals surface area contributed by atoms with Gasteiger partial charge in [-0.05, 0) is 32.4 Å². The van der Waals surface area contributed by atoms with E-state index in [0.717, 1.165) is 5.56 Å². The molecule has 1 aromatic rings. The summed E-state index contributed by atoms with van der Waals surface area (Å²) in [7, 11) is -3.75. The smallest absolute Gasteiger partial charge is 0.282 e. The molecule has 0 spiro atoms. The molecule has 0 aliphatic carbocycles. The molecule has 0 unspecified atom stereocenters. The van der Waals surface area contributed by atoms with Gasteiger partial charge in [0.25, 0.3) is 10.0 Å². The van der Waals surface area contributed by atoms with E-state index in [0.29, 0.717) is 25.2 Å². The second kappa shape index (κ2) is 5.97. The Kier molecular flexibility index (Phi) is 4.46. The van der Waals surface area contributed by atoms with Gasteiger partial charge in [0, 0.05) is 6.54 Å². The predicted molar refractivity (Wildman–Crippen MR) is 81.8 cm³/mol. The van der Waals surface area contributed by atoms with Gasteiger partial charge in [-0.15, -0.1) is 0 Å². The van der Waals surface area contributed by atoms with Gasteiger partial charge in [-0.25, -0.2) is 0 Å². The number of carbonyl (C=O) groups is 1. The average molecular weight is 308 g/mol. The number of nitrogens with zero attached hydrogens (tertiary/aromatic N) is 2. The van der Waals surface area contributed by atoms with Crippen molar-refractivity contribution >= 4 is 21.6 Å². The van der Waals surface area contributed by atoms with Crippen molar-refractivity contribution in [1.29, 1.82) is 0 Å². The molecule has 1 amide bonds. The van der Waals surface area contributed by atoms with Crippen molar-refractivity contribution < 1.29 is 13.2 Å². The summed E-state index contributed by atoms with van der Waals surface area (Å²) in [5.74, 6) is -0.442. The Hall–Kier alpha value is -1.69. The summed E-state index contributed by atoms with van der Waals surface area (Å²) >= 11 is 0. The Balaban J connectivity index is 2.37. The zero-order chi connectivity index (χ0) is 15.6. The maximum absolute atomic E-state index is 12.3. The van der Waals surface area contributed by atoms with E-state index in [9.17, 15) is 13.2 Å². The minimum atomic E-state index is -3.75. The first-order chi connectivity index (χ1) is 9.89. The number of hydrogen-bond acceptors (Lipinski definition) is 3. The van der Waals surface area contributed by atoms with E-state index in [1.807, 2.05) is 20.8 Å². The SMILES string of the molecule is CC[C@@H]1C(=O)N(CC)CC1=NS(=O)(=O)c1ccc(C)cc1. The van der Waals surface area contributed by atoms with Crippen LogP contribution in [-0.2, 0) is 14.8 Å². The topological polar surface area (TPSA) is 66.8 Å². The molecular weight excluding hydrogens is 288 g/mol. The third-order valence-electron chi connectivity index (χ3n) is 3.71. The van der Waals surface area contributed by atoms with Crippen molar-refractivity contribution in [1.82, 2.24) is 4.90 Å². The van der Waals surface area contributed by atoms with Crippen molar-refractivity contribution in [2.75, 3.05) is 13.1 Å². The number of aryl methyl sites for hydroxylation is 1. The normalized spacial score (nSPS) is 21.3. The zero-order valence-electron chi connectivity index (χ0n) is 12.5. The van der Waals surface area contributed by atoms with Crippen molar-refractivity contribution in [3.05, 3.63) is 29.8 Å². The standard InChI is InChI=1S/C15H20N2O3S/c1-4-13-14(10-17(5-2)15(13)18)16-21(19,20)12-8-6-11(3)7-9-12/h6-9,13H,4-5,10H2,1-3H3/t13-/m0/s1. The molecule has 5 nitrogen and oxygen atoms in total. The summed E-state index contributed by atoms with van der Waals surface area (Å²) < 4.78 is 28.6. The van der Waals surface area contributed by atoms with Gasteiger partial charge in [0.05, 0.1) is 23.1 Å². The number of rotatable bonds is 4. The van der Waals surface area contributed by atoms with Crippen molar-refractivity contribution in [3.63, 3.8) is 0 Å². The highest BCUT2D eigenvalue weighted by Crippen LogP contribution is 2.22. The summed E-state index contributed by atoms with van der Waals surface area (Å²) in [5.41, 5.74) is 1.44. The Bertz CT molecular complexity index is 663. The fraction of sp³-hybridized carbons (Fsp3) is 0.467. The van der Waals surface area contributed by atoms with Gasteiger partial charge in [-0.1, -0.05) is 24.6 Å². The molecule has 114 valence electrons. The zero-order valence-corrected chi connectivity index (χ0v) is 13.4. The maximum Gasteiger partial charge on any atom is 0.282 e. The van der Waals surface area contributed by atoms with E-state index in [1.54, 1.807) is 29.2 Å². The maximum atomic E-state index is 12.3. The van der Waals surface area contributed by atoms with Crippen LogP contribution in [0.1, 0.15) is 25.8 Å². The summed E-state index contributed by atoms with van der Waals surface area (Å²) in [6.45, 7) is 6.51. The monoisotopic (exact) mass is 308 g/mol. The predicted octanol–water partition coefficient (Wildman–Crippen LogP) is 2.01. The molecule has 1 saturated heterocycles. The second-order valence-corrected chi connectivity index (χ2v) is 6.79. The number of sulfonamides is 1. The third-order valence-corrected chi connectivity index (χ3v) is 5.05. The summed E-state index contributed by atoms with van der Waals surface area (Å²) in [5, 5.41) is 0. The van der Waals surface area contributed by atoms with Crippen LogP contribution in [0.3, 0.4) is 0 Å². The number of benzene rings is 1. The van der Waals surface area contributed by atoms with Crippen molar-refractivity contribution in [2.24, 2.45) is 10.3 Å². The van der Waals surface area contributed by atoms with Crippen LogP contribution in [0.5, 0.6) is 0 Å². The van der Waals surface area contributed by atoms with E-state index >= 15 is 0 Å². The molecule has 1 aliphatic heterocycles. The highest BCUT2D eigenvalue weighted by molar-refractivity contribution is 7.90. The van der Waals surface area contributed by atoms with Gasteiger partial charge in [-0.3, -0.25) is 4.79 Å². The quantitative estimate of drug-likeness (QED) is 0.854. The van der Waals surface area contributed by atoms with E-state index in [2.05, 4.69) is 4.40 Å². The summed E-state index contributed by atoms with van der Waals surface area (Å²) in [6, 6.07) is 6.57. The molecule has 1 aliphatic rings. The Morgan fingerprint density at radius 3 is 2.38 bits per heavy atom. The molecule has 0 N–H and O–H groups in total. The fourth-order valence-electron chi connectivity index (χ4n) is 2.43. The van der Waals surface area contributed by atoms with Crippen molar-refractivity contribution in [2.45, 2.75) is 32.1 Å². The Morgan fingerprint density at radius 2 is 1.86 bits per heavy atom. The van der Waals surface area contributed by atoms with Gasteiger partial charge < -0.3 is 4.90 Å². The van der Waals surface area contributed by atoms with E-state index < -0.39 is 15.9 Å². The van der Waals surface area contributed by atoms with Crippen LogP contribution in [-0.4, -0.2) is 38.0 Å². The lowest BCUT2D eigenvalue weighted by Gasteiger charge is -2.11. The van der Waals surface area contributed by atoms with Gasteiger partial charge in [0.1, 0.15) is 0 Å². The van der Waals surface area contributed by atoms with Gasteiger partial charge >= 0.3 is 0 Å². The Labute approximate surface area is 125 Å². The number of likely N-dealkylation sites (tertiary alicyclic amines) is 1. The molecular formula is C15H20N2O3S. The highest BCUT2D eigenvalue weighted by Gasteiger charge is 2.36. The largest absolute Gasteiger partial charge is 0.337 e. The van der Waals surface area contributed by atoms with Crippen LogP contribution in [0.15, 0.2) is 33.6 Å². The molecule has 21 heavy (non-hydrogen) atoms. The molecule has 1 aromatic carbocycles. The van der Waals surface area contributed by atoms with E-state index in [1.165, 1.54) is 0 Å². The first-order valence-electron chi connectivity index (χ1n) is 7.08. The summed E-state index contributed by atoms with van der Waals surface area (Å²) in [4.78, 5) is 13.9. The van der Waals surface area contributed by atoms with Crippen LogP contribution in [0.2, 0.25) is 0 Å². The fourth-order valence-corrected chi connectivity index (χ4v) is 3.51. The third kappa shape index (κ3) is 3.15. The Morgan fingerprint density at radius 1 is 1.24 bits per heavy atom. The molecule has 0 bridgehead atoms. The first-order valence-corrected chi connectivity index (χ1v) is 8.52. The van der Waals surface area contributed by atoms with Crippen LogP contribution in [0, 0.1) is 12.8 Å². The molecule has 1 atom stereocenters.